The topological polar surface area (TPSA) is 104 Å². The van der Waals surface area contributed by atoms with E-state index in [0.717, 1.165) is 25.7 Å². The second-order valence-electron chi connectivity index (χ2n) is 7.21. The molecule has 0 unspecified atom stereocenters. The van der Waals surface area contributed by atoms with Gasteiger partial charge < -0.3 is 14.2 Å². The number of benzene rings is 2. The summed E-state index contributed by atoms with van der Waals surface area (Å²) in [7, 11) is 0. The highest BCUT2D eigenvalue weighted by molar-refractivity contribution is 5.96. The number of carbonyl (C=O) groups is 3. The van der Waals surface area contributed by atoms with Crippen molar-refractivity contribution in [3.8, 4) is 0 Å². The number of esters is 3. The van der Waals surface area contributed by atoms with Crippen LogP contribution in [0.2, 0.25) is 0 Å². The monoisotopic (exact) mass is 454 g/mol. The molecular formula is C25H30N2O6. The summed E-state index contributed by atoms with van der Waals surface area (Å²) >= 11 is 0. The van der Waals surface area contributed by atoms with Gasteiger partial charge in [-0.1, -0.05) is 26.7 Å². The number of azo groups is 1. The third-order valence-electron chi connectivity index (χ3n) is 4.51. The van der Waals surface area contributed by atoms with Crippen LogP contribution in [0.25, 0.3) is 0 Å². The molecule has 33 heavy (non-hydrogen) atoms. The molecule has 2 aromatic rings. The molecule has 8 heteroatoms. The van der Waals surface area contributed by atoms with Crippen LogP contribution in [0.5, 0.6) is 0 Å². The summed E-state index contributed by atoms with van der Waals surface area (Å²) in [6.45, 7) is 6.62. The van der Waals surface area contributed by atoms with E-state index < -0.39 is 17.9 Å². The quantitative estimate of drug-likeness (QED) is 0.164. The number of hydrogen-bond donors (Lipinski definition) is 0. The largest absolute Gasteiger partial charge is 0.462 e. The van der Waals surface area contributed by atoms with E-state index >= 15 is 0 Å². The fraction of sp³-hybridized carbons (Fsp3) is 0.400. The van der Waals surface area contributed by atoms with E-state index in [1.807, 2.05) is 13.8 Å². The van der Waals surface area contributed by atoms with Gasteiger partial charge in [-0.25, -0.2) is 14.4 Å². The molecule has 0 saturated carbocycles. The van der Waals surface area contributed by atoms with Crippen molar-refractivity contribution < 1.29 is 28.6 Å². The van der Waals surface area contributed by atoms with Gasteiger partial charge in [0.15, 0.2) is 0 Å². The Hall–Kier alpha value is -3.55. The van der Waals surface area contributed by atoms with Crippen molar-refractivity contribution in [1.82, 2.24) is 0 Å². The van der Waals surface area contributed by atoms with Crippen LogP contribution in [0.1, 0.15) is 77.5 Å². The summed E-state index contributed by atoms with van der Waals surface area (Å²) in [4.78, 5) is 36.7. The molecule has 8 nitrogen and oxygen atoms in total. The van der Waals surface area contributed by atoms with E-state index in [1.165, 1.54) is 18.2 Å². The summed E-state index contributed by atoms with van der Waals surface area (Å²) in [5.74, 6) is -1.50. The first-order valence-corrected chi connectivity index (χ1v) is 11.2. The molecule has 0 N–H and O–H groups in total. The summed E-state index contributed by atoms with van der Waals surface area (Å²) in [5, 5.41) is 8.30. The molecule has 0 saturated heterocycles. The molecular weight excluding hydrogens is 424 g/mol. The third kappa shape index (κ3) is 8.48. The lowest BCUT2D eigenvalue weighted by Gasteiger charge is -2.08. The van der Waals surface area contributed by atoms with E-state index in [-0.39, 0.29) is 11.1 Å². The number of hydrogen-bond acceptors (Lipinski definition) is 8. The van der Waals surface area contributed by atoms with E-state index in [4.69, 9.17) is 14.2 Å². The molecule has 2 aromatic carbocycles. The normalized spacial score (nSPS) is 10.8. The minimum atomic E-state index is -0.540. The second-order valence-corrected chi connectivity index (χ2v) is 7.21. The zero-order chi connectivity index (χ0) is 24.1. The van der Waals surface area contributed by atoms with E-state index in [0.29, 0.717) is 36.8 Å². The maximum Gasteiger partial charge on any atom is 0.338 e. The van der Waals surface area contributed by atoms with Gasteiger partial charge in [-0.3, -0.25) is 0 Å². The Morgan fingerprint density at radius 2 is 1.12 bits per heavy atom. The zero-order valence-electron chi connectivity index (χ0n) is 19.3. The van der Waals surface area contributed by atoms with Crippen molar-refractivity contribution in [2.75, 3.05) is 19.8 Å². The molecule has 2 rings (SSSR count). The van der Waals surface area contributed by atoms with E-state index in [2.05, 4.69) is 10.2 Å². The van der Waals surface area contributed by atoms with Gasteiger partial charge in [0, 0.05) is 0 Å². The molecule has 0 amide bonds. The van der Waals surface area contributed by atoms with Crippen molar-refractivity contribution in [2.24, 2.45) is 10.2 Å². The van der Waals surface area contributed by atoms with Crippen LogP contribution in [0.15, 0.2) is 52.7 Å². The van der Waals surface area contributed by atoms with Gasteiger partial charge in [-0.2, -0.15) is 10.2 Å². The maximum absolute atomic E-state index is 12.4. The molecule has 176 valence electrons. The standard InChI is InChI=1S/C25H30N2O6/c1-4-7-13-32-24(29)19-15-20(25(30)33-14-8-5-2)17-22(16-19)27-26-21-11-9-18(10-12-21)23(28)31-6-3/h9-12,15-17H,4-8,13-14H2,1-3H3. The number of carbonyl (C=O) groups excluding carboxylic acids is 3. The Balaban J connectivity index is 2.25. The van der Waals surface area contributed by atoms with Gasteiger partial charge in [0.1, 0.15) is 0 Å². The van der Waals surface area contributed by atoms with Gasteiger partial charge in [0.05, 0.1) is 47.9 Å². The van der Waals surface area contributed by atoms with Crippen LogP contribution in [-0.2, 0) is 14.2 Å². The Morgan fingerprint density at radius 1 is 0.636 bits per heavy atom. The molecule has 0 aliphatic carbocycles. The average Bonchev–Trinajstić information content (AvgIpc) is 2.83. The summed E-state index contributed by atoms with van der Waals surface area (Å²) in [5.41, 5.74) is 1.60. The smallest absolute Gasteiger partial charge is 0.338 e. The Labute approximate surface area is 194 Å². The van der Waals surface area contributed by atoms with Crippen molar-refractivity contribution in [3.63, 3.8) is 0 Å². The molecule has 0 aromatic heterocycles. The predicted molar refractivity (Wildman–Crippen MR) is 123 cm³/mol. The number of rotatable bonds is 12. The van der Waals surface area contributed by atoms with Crippen molar-refractivity contribution >= 4 is 29.3 Å². The summed E-state index contributed by atoms with van der Waals surface area (Å²) in [6, 6.07) is 10.9. The van der Waals surface area contributed by atoms with Gasteiger partial charge in [-0.15, -0.1) is 0 Å². The van der Waals surface area contributed by atoms with Crippen LogP contribution < -0.4 is 0 Å². The highest BCUT2D eigenvalue weighted by atomic mass is 16.5. The second kappa shape index (κ2) is 13.8. The van der Waals surface area contributed by atoms with Crippen molar-refractivity contribution in [3.05, 3.63) is 59.2 Å². The highest BCUT2D eigenvalue weighted by Crippen LogP contribution is 2.23. The molecule has 0 heterocycles. The van der Waals surface area contributed by atoms with Crippen molar-refractivity contribution in [2.45, 2.75) is 46.5 Å². The first-order valence-electron chi connectivity index (χ1n) is 11.2. The lowest BCUT2D eigenvalue weighted by atomic mass is 10.1. The van der Waals surface area contributed by atoms with Gasteiger partial charge >= 0.3 is 17.9 Å². The van der Waals surface area contributed by atoms with Crippen LogP contribution in [0.4, 0.5) is 11.4 Å². The lowest BCUT2D eigenvalue weighted by Crippen LogP contribution is -2.10. The SMILES string of the molecule is CCCCOC(=O)c1cc(N=Nc2ccc(C(=O)OCC)cc2)cc(C(=O)OCCCC)c1. The van der Waals surface area contributed by atoms with Crippen LogP contribution in [-0.4, -0.2) is 37.7 Å². The Morgan fingerprint density at radius 3 is 1.61 bits per heavy atom. The average molecular weight is 455 g/mol. The minimum absolute atomic E-state index is 0.197. The van der Waals surface area contributed by atoms with Crippen LogP contribution in [0, 0.1) is 0 Å². The van der Waals surface area contributed by atoms with Gasteiger partial charge in [-0.05, 0) is 62.2 Å². The van der Waals surface area contributed by atoms with Gasteiger partial charge in [0.25, 0.3) is 0 Å². The molecule has 0 spiro atoms. The summed E-state index contributed by atoms with van der Waals surface area (Å²) in [6.07, 6.45) is 3.29. The van der Waals surface area contributed by atoms with Crippen molar-refractivity contribution in [1.29, 1.82) is 0 Å². The van der Waals surface area contributed by atoms with E-state index in [9.17, 15) is 14.4 Å². The van der Waals surface area contributed by atoms with Crippen LogP contribution >= 0.6 is 0 Å². The predicted octanol–water partition coefficient (Wildman–Crippen LogP) is 6.19. The van der Waals surface area contributed by atoms with Gasteiger partial charge in [0.2, 0.25) is 0 Å². The fourth-order valence-electron chi connectivity index (χ4n) is 2.68. The third-order valence-corrected chi connectivity index (χ3v) is 4.51. The minimum Gasteiger partial charge on any atom is -0.462 e. The Bertz CT molecular complexity index is 929. The lowest BCUT2D eigenvalue weighted by molar-refractivity contribution is 0.0493. The number of ether oxygens (including phenoxy) is 3. The molecule has 0 fully saturated rings. The molecule has 0 aliphatic rings. The zero-order valence-corrected chi connectivity index (χ0v) is 19.3. The summed E-state index contributed by atoms with van der Waals surface area (Å²) < 4.78 is 15.5. The number of unbranched alkanes of at least 4 members (excludes halogenated alkanes) is 2. The highest BCUT2D eigenvalue weighted by Gasteiger charge is 2.15. The molecule has 0 aliphatic heterocycles. The molecule has 0 radical (unpaired) electrons. The van der Waals surface area contributed by atoms with E-state index in [1.54, 1.807) is 31.2 Å². The Kier molecular flexibility index (Phi) is 10.7. The first kappa shape index (κ1) is 25.7. The fourth-order valence-corrected chi connectivity index (χ4v) is 2.68. The first-order chi connectivity index (χ1) is 16.0. The maximum atomic E-state index is 12.4. The molecule has 0 atom stereocenters. The van der Waals surface area contributed by atoms with Crippen LogP contribution in [0.3, 0.4) is 0 Å². The molecule has 0 bridgehead atoms. The number of nitrogens with zero attached hydrogens (tertiary/aromatic N) is 2.